The maximum Gasteiger partial charge on any atom is 0.245 e. The van der Waals surface area contributed by atoms with E-state index in [0.29, 0.717) is 11.6 Å². The van der Waals surface area contributed by atoms with Crippen molar-refractivity contribution in [1.82, 2.24) is 20.3 Å². The van der Waals surface area contributed by atoms with Gasteiger partial charge in [-0.3, -0.25) is 5.43 Å². The molecule has 9 nitrogen and oxygen atoms in total. The average Bonchev–Trinajstić information content (AvgIpc) is 3.17. The smallest absolute Gasteiger partial charge is 0.245 e. The summed E-state index contributed by atoms with van der Waals surface area (Å²) >= 11 is 7.90. The number of fused-ring (bicyclic) bond motifs is 1. The van der Waals surface area contributed by atoms with Crippen LogP contribution in [0.3, 0.4) is 0 Å². The van der Waals surface area contributed by atoms with E-state index in [0.717, 1.165) is 28.6 Å². The molecule has 0 saturated carbocycles. The lowest BCUT2D eigenvalue weighted by atomic mass is 10.2. The molecule has 30 heavy (non-hydrogen) atoms. The predicted octanol–water partition coefficient (Wildman–Crippen LogP) is 5.18. The summed E-state index contributed by atoms with van der Waals surface area (Å²) in [5.74, 6) is 1.55. The molecule has 0 spiro atoms. The fraction of sp³-hybridized carbons (Fsp3) is 0.0556. The van der Waals surface area contributed by atoms with E-state index in [4.69, 9.17) is 9.37 Å². The molecule has 4 aromatic rings. The number of hydrogen-bond acceptors (Lipinski definition) is 9. The van der Waals surface area contributed by atoms with Gasteiger partial charge in [-0.15, -0.1) is 0 Å². The monoisotopic (exact) mass is 691 g/mol. The van der Waals surface area contributed by atoms with Gasteiger partial charge in [0, 0.05) is 19.3 Å². The summed E-state index contributed by atoms with van der Waals surface area (Å²) in [5, 5.41) is 15.0. The highest BCUT2D eigenvalue weighted by Crippen LogP contribution is 2.28. The van der Waals surface area contributed by atoms with E-state index >= 15 is 0 Å². The van der Waals surface area contributed by atoms with E-state index in [1.165, 1.54) is 0 Å². The Kier molecular flexibility index (Phi) is 6.62. The van der Waals surface area contributed by atoms with Gasteiger partial charge in [-0.25, -0.2) is 9.61 Å². The third kappa shape index (κ3) is 4.80. The number of halogens is 3. The van der Waals surface area contributed by atoms with Crippen LogP contribution in [0.1, 0.15) is 5.56 Å². The Morgan fingerprint density at radius 1 is 1.07 bits per heavy atom. The van der Waals surface area contributed by atoms with Crippen molar-refractivity contribution in [2.24, 2.45) is 5.10 Å². The van der Waals surface area contributed by atoms with Crippen LogP contribution in [-0.2, 0) is 0 Å². The lowest BCUT2D eigenvalue weighted by Gasteiger charge is -2.10. The zero-order valence-corrected chi connectivity index (χ0v) is 21.1. The quantitative estimate of drug-likeness (QED) is 0.162. The molecule has 0 radical (unpaired) electrons. The first kappa shape index (κ1) is 21.2. The topological polar surface area (TPSA) is 110 Å². The minimum atomic E-state index is 0.274. The van der Waals surface area contributed by atoms with Crippen LogP contribution < -0.4 is 15.5 Å². The molecular weight excluding hydrogens is 680 g/mol. The van der Waals surface area contributed by atoms with Gasteiger partial charge < -0.3 is 10.1 Å². The van der Waals surface area contributed by atoms with Gasteiger partial charge in [0.15, 0.2) is 11.6 Å². The summed E-state index contributed by atoms with van der Waals surface area (Å²) in [5.41, 5.74) is 5.14. The second kappa shape index (κ2) is 9.38. The minimum absolute atomic E-state index is 0.274. The van der Waals surface area contributed by atoms with Crippen LogP contribution in [0.4, 0.5) is 17.3 Å². The van der Waals surface area contributed by atoms with Crippen LogP contribution in [0.25, 0.3) is 11.3 Å². The van der Waals surface area contributed by atoms with Crippen molar-refractivity contribution in [1.29, 1.82) is 0 Å². The third-order valence-electron chi connectivity index (χ3n) is 3.84. The fourth-order valence-electron chi connectivity index (χ4n) is 2.53. The van der Waals surface area contributed by atoms with Crippen LogP contribution in [0.15, 0.2) is 50.6 Å². The van der Waals surface area contributed by atoms with Crippen LogP contribution in [-0.4, -0.2) is 33.6 Å². The van der Waals surface area contributed by atoms with Crippen LogP contribution in [0.5, 0.6) is 5.75 Å². The predicted molar refractivity (Wildman–Crippen MR) is 134 cm³/mol. The number of nitrogens with zero attached hydrogens (tertiary/aromatic N) is 5. The number of ether oxygens (including phenoxy) is 1. The van der Waals surface area contributed by atoms with E-state index in [1.54, 1.807) is 13.3 Å². The van der Waals surface area contributed by atoms with Crippen LogP contribution >= 0.6 is 61.1 Å². The van der Waals surface area contributed by atoms with Gasteiger partial charge in [-0.1, -0.05) is 15.9 Å². The van der Waals surface area contributed by atoms with Gasteiger partial charge >= 0.3 is 0 Å². The van der Waals surface area contributed by atoms with E-state index in [9.17, 15) is 0 Å². The molecule has 0 atom stereocenters. The van der Waals surface area contributed by atoms with Crippen molar-refractivity contribution < 1.29 is 9.37 Å². The summed E-state index contributed by atoms with van der Waals surface area (Å²) in [6.45, 7) is 0. The minimum Gasteiger partial charge on any atom is -0.495 e. The number of hydrogen-bond donors (Lipinski definition) is 2. The Bertz CT molecular complexity index is 1230. The normalized spacial score (nSPS) is 11.2. The highest BCUT2D eigenvalue weighted by atomic mass is 127. The summed E-state index contributed by atoms with van der Waals surface area (Å²) < 4.78 is 13.3. The summed E-state index contributed by atoms with van der Waals surface area (Å²) in [6.07, 6.45) is 1.67. The first-order valence-corrected chi connectivity index (χ1v) is 11.3. The largest absolute Gasteiger partial charge is 0.495 e. The number of aromatic nitrogens is 4. The Morgan fingerprint density at radius 2 is 1.77 bits per heavy atom. The molecule has 0 aliphatic rings. The van der Waals surface area contributed by atoms with E-state index in [1.807, 2.05) is 36.4 Å². The molecule has 0 unspecified atom stereocenters. The molecule has 0 aliphatic heterocycles. The maximum absolute atomic E-state index is 5.49. The van der Waals surface area contributed by atoms with Gasteiger partial charge in [0.1, 0.15) is 5.75 Å². The molecule has 0 saturated heterocycles. The van der Waals surface area contributed by atoms with Crippen molar-refractivity contribution in [3.8, 4) is 5.75 Å². The zero-order chi connectivity index (χ0) is 21.1. The fourth-order valence-corrected chi connectivity index (χ4v) is 4.90. The maximum atomic E-state index is 5.49. The molecule has 2 heterocycles. The zero-order valence-electron chi connectivity index (χ0n) is 15.2. The highest BCUT2D eigenvalue weighted by molar-refractivity contribution is 14.1. The Hall–Kier alpha value is -2.07. The number of nitrogens with one attached hydrogen (secondary N) is 2. The number of rotatable bonds is 6. The molecule has 2 aromatic carbocycles. The second-order valence-corrected chi connectivity index (χ2v) is 9.17. The first-order chi connectivity index (χ1) is 14.5. The van der Waals surface area contributed by atoms with Gasteiger partial charge in [0.05, 0.1) is 16.9 Å². The molecule has 0 bridgehead atoms. The molecule has 2 aromatic heterocycles. The van der Waals surface area contributed by atoms with E-state index < -0.39 is 0 Å². The van der Waals surface area contributed by atoms with Crippen LogP contribution in [0.2, 0.25) is 0 Å². The number of hydrazone groups is 1. The lowest BCUT2D eigenvalue weighted by molar-refractivity contribution is 0.314. The van der Waals surface area contributed by atoms with Gasteiger partial charge in [0.25, 0.3) is 0 Å². The third-order valence-corrected chi connectivity index (χ3v) is 5.79. The lowest BCUT2D eigenvalue weighted by Crippen LogP contribution is -2.03. The Balaban J connectivity index is 1.65. The molecule has 12 heteroatoms. The molecule has 152 valence electrons. The summed E-state index contributed by atoms with van der Waals surface area (Å²) in [4.78, 5) is 8.82. The van der Waals surface area contributed by atoms with Gasteiger partial charge in [-0.05, 0) is 91.9 Å². The molecule has 0 amide bonds. The number of methoxy groups -OCH3 is 1. The van der Waals surface area contributed by atoms with Crippen molar-refractivity contribution in [3.63, 3.8) is 0 Å². The summed E-state index contributed by atoms with van der Waals surface area (Å²) in [6, 6.07) is 11.7. The first-order valence-electron chi connectivity index (χ1n) is 8.38. The van der Waals surface area contributed by atoms with Gasteiger partial charge in [-0.2, -0.15) is 10.1 Å². The van der Waals surface area contributed by atoms with Gasteiger partial charge in [0.2, 0.25) is 11.3 Å². The standard InChI is InChI=1S/C18H12BrI2N7O2/c1-29-14-9(6-11(20)7-13(14)21)8-22-26-16-15(23-12-4-2-10(19)3-5-12)24-17-18(25-16)28-30-27-17/h2-8H,1H3,(H,23,24,27)(H,25,26,28). The molecule has 2 N–H and O–H groups in total. The molecule has 0 fully saturated rings. The average molecular weight is 692 g/mol. The van der Waals surface area contributed by atoms with E-state index in [2.05, 4.69) is 97.2 Å². The van der Waals surface area contributed by atoms with Crippen molar-refractivity contribution in [2.75, 3.05) is 17.9 Å². The number of anilines is 3. The van der Waals surface area contributed by atoms with Crippen molar-refractivity contribution >= 4 is 95.9 Å². The Labute approximate surface area is 206 Å². The molecular formula is C18H12BrI2N7O2. The van der Waals surface area contributed by atoms with E-state index in [-0.39, 0.29) is 11.3 Å². The second-order valence-electron chi connectivity index (χ2n) is 5.84. The molecule has 4 rings (SSSR count). The highest BCUT2D eigenvalue weighted by Gasteiger charge is 2.13. The van der Waals surface area contributed by atoms with Crippen molar-refractivity contribution in [3.05, 3.63) is 53.6 Å². The summed E-state index contributed by atoms with van der Waals surface area (Å²) in [7, 11) is 1.63. The van der Waals surface area contributed by atoms with Crippen molar-refractivity contribution in [2.45, 2.75) is 0 Å². The number of benzene rings is 2. The Morgan fingerprint density at radius 3 is 2.47 bits per heavy atom. The van der Waals surface area contributed by atoms with Crippen LogP contribution in [0, 0.1) is 7.14 Å². The SMILES string of the molecule is COc1c(I)cc(I)cc1C=NNc1nc2nonc2nc1Nc1ccc(Br)cc1. The molecule has 0 aliphatic carbocycles.